The summed E-state index contributed by atoms with van der Waals surface area (Å²) in [5, 5.41) is 1.67. The van der Waals surface area contributed by atoms with Crippen LogP contribution in [0.3, 0.4) is 0 Å². The lowest BCUT2D eigenvalue weighted by Crippen LogP contribution is -2.48. The molecule has 0 saturated heterocycles. The van der Waals surface area contributed by atoms with Crippen molar-refractivity contribution < 1.29 is 26.3 Å². The van der Waals surface area contributed by atoms with Crippen molar-refractivity contribution in [2.45, 2.75) is 70.1 Å². The summed E-state index contributed by atoms with van der Waals surface area (Å²) in [7, 11) is 0. The molecule has 4 aliphatic rings. The molecule has 0 unspecified atom stereocenters. The van der Waals surface area contributed by atoms with E-state index in [0.717, 1.165) is 57.4 Å². The number of aromatic nitrogens is 1. The summed E-state index contributed by atoms with van der Waals surface area (Å²) in [5.41, 5.74) is 6.19. The lowest BCUT2D eigenvalue weighted by Gasteiger charge is -2.57. The Balaban J connectivity index is 1.29. The van der Waals surface area contributed by atoms with Crippen LogP contribution in [0.2, 0.25) is 0 Å². The summed E-state index contributed by atoms with van der Waals surface area (Å²) in [5.74, 6) is 2.25. The number of rotatable bonds is 4. The molecule has 4 bridgehead atoms. The number of hydrogen-bond acceptors (Lipinski definition) is 0. The zero-order valence-electron chi connectivity index (χ0n) is 28.4. The van der Waals surface area contributed by atoms with Gasteiger partial charge in [0, 0.05) is 16.5 Å². The van der Waals surface area contributed by atoms with Gasteiger partial charge in [0.05, 0.1) is 22.2 Å². The molecule has 5 aromatic carbocycles. The zero-order valence-corrected chi connectivity index (χ0v) is 28.4. The third kappa shape index (κ3) is 5.46. The normalized spacial score (nSPS) is 23.1. The Morgan fingerprint density at radius 2 is 0.980 bits per heavy atom. The van der Waals surface area contributed by atoms with Gasteiger partial charge in [0.1, 0.15) is 0 Å². The van der Waals surface area contributed by atoms with Crippen LogP contribution in [-0.4, -0.2) is 4.57 Å². The van der Waals surface area contributed by atoms with E-state index < -0.39 is 23.5 Å². The monoisotopic (exact) mass is 693 g/mol. The Morgan fingerprint density at radius 3 is 1.43 bits per heavy atom. The van der Waals surface area contributed by atoms with E-state index in [4.69, 9.17) is 0 Å². The number of nitrogens with zero attached hydrogens (tertiary/aromatic N) is 1. The van der Waals surface area contributed by atoms with Gasteiger partial charge in [0.25, 0.3) is 0 Å². The molecule has 4 aliphatic carbocycles. The number of hydrogen-bond donors (Lipinski definition) is 0. The Kier molecular flexibility index (Phi) is 7.14. The van der Waals surface area contributed by atoms with Gasteiger partial charge >= 0.3 is 12.4 Å². The fraction of sp³-hybridized carbons (Fsp3) is 0.318. The Hall–Kier alpha value is -4.52. The second-order valence-corrected chi connectivity index (χ2v) is 15.7. The van der Waals surface area contributed by atoms with E-state index in [0.29, 0.717) is 33.4 Å². The average molecular weight is 694 g/mol. The molecule has 1 nitrogen and oxygen atoms in total. The van der Waals surface area contributed by atoms with Crippen LogP contribution in [0.15, 0.2) is 97.1 Å². The van der Waals surface area contributed by atoms with Crippen molar-refractivity contribution >= 4 is 21.8 Å². The maximum Gasteiger partial charge on any atom is 0.416 e. The molecule has 7 heteroatoms. The summed E-state index contributed by atoms with van der Waals surface area (Å²) in [6.45, 7) is 3.32. The van der Waals surface area contributed by atoms with Gasteiger partial charge in [-0.05, 0) is 169 Å². The van der Waals surface area contributed by atoms with Gasteiger partial charge in [-0.15, -0.1) is 0 Å². The minimum Gasteiger partial charge on any atom is -0.309 e. The van der Waals surface area contributed by atoms with Crippen molar-refractivity contribution in [1.29, 1.82) is 0 Å². The molecule has 4 fully saturated rings. The van der Waals surface area contributed by atoms with Crippen LogP contribution >= 0.6 is 0 Å². The number of benzene rings is 5. The molecule has 6 aromatic rings. The molecule has 0 aliphatic heterocycles. The molecule has 0 amide bonds. The maximum absolute atomic E-state index is 13.9. The lowest BCUT2D eigenvalue weighted by molar-refractivity contribution is -0.138. The van der Waals surface area contributed by atoms with Crippen LogP contribution in [0.1, 0.15) is 66.3 Å². The van der Waals surface area contributed by atoms with Crippen molar-refractivity contribution in [2.24, 2.45) is 17.8 Å². The summed E-state index contributed by atoms with van der Waals surface area (Å²) < 4.78 is 85.6. The second-order valence-electron chi connectivity index (χ2n) is 15.7. The highest BCUT2D eigenvalue weighted by molar-refractivity contribution is 6.11. The minimum atomic E-state index is -4.49. The van der Waals surface area contributed by atoms with Crippen molar-refractivity contribution in [1.82, 2.24) is 4.57 Å². The number of aryl methyl sites for hydroxylation is 2. The van der Waals surface area contributed by atoms with E-state index in [-0.39, 0.29) is 5.41 Å². The Labute approximate surface area is 292 Å². The second kappa shape index (κ2) is 11.2. The highest BCUT2D eigenvalue weighted by Crippen LogP contribution is 2.61. The van der Waals surface area contributed by atoms with Gasteiger partial charge in [-0.1, -0.05) is 42.5 Å². The van der Waals surface area contributed by atoms with Crippen LogP contribution in [-0.2, 0) is 17.8 Å². The highest BCUT2D eigenvalue weighted by atomic mass is 19.4. The first kappa shape index (κ1) is 32.4. The quantitative estimate of drug-likeness (QED) is 0.162. The van der Waals surface area contributed by atoms with E-state index in [2.05, 4.69) is 28.8 Å². The first-order valence-electron chi connectivity index (χ1n) is 17.8. The van der Waals surface area contributed by atoms with E-state index in [1.54, 1.807) is 26.0 Å². The van der Waals surface area contributed by atoms with Crippen LogP contribution in [0.4, 0.5) is 26.3 Å². The van der Waals surface area contributed by atoms with E-state index in [1.807, 2.05) is 36.4 Å². The van der Waals surface area contributed by atoms with Crippen molar-refractivity contribution in [2.75, 3.05) is 0 Å². The van der Waals surface area contributed by atoms with Crippen LogP contribution in [0, 0.1) is 31.6 Å². The van der Waals surface area contributed by atoms with Crippen LogP contribution in [0.25, 0.3) is 49.7 Å². The molecule has 0 N–H and O–H groups in total. The molecule has 51 heavy (non-hydrogen) atoms. The molecule has 1 heterocycles. The standard InChI is InChI=1S/C44H37F6N/c1-25-11-32(18-34(13-25)43(45,46)47)30-7-9-39-36(20-30)37-21-31(33-12-26(2)14-35(19-33)44(48,49)50)8-10-40(37)51(39)41-6-4-3-5-38(41)42-22-27-15-28(23-42)17-29(16-27)24-42/h3-14,18-21,27-29H,15-17,22-24H2,1-2H3. The molecule has 0 atom stereocenters. The molecule has 10 rings (SSSR count). The largest absolute Gasteiger partial charge is 0.416 e. The lowest BCUT2D eigenvalue weighted by atomic mass is 9.48. The number of fused-ring (bicyclic) bond motifs is 3. The van der Waals surface area contributed by atoms with Gasteiger partial charge in [0.2, 0.25) is 0 Å². The highest BCUT2D eigenvalue weighted by Gasteiger charge is 2.52. The summed E-state index contributed by atoms with van der Waals surface area (Å²) in [4.78, 5) is 0. The van der Waals surface area contributed by atoms with Crippen LogP contribution < -0.4 is 0 Å². The van der Waals surface area contributed by atoms with Gasteiger partial charge in [-0.25, -0.2) is 0 Å². The Morgan fingerprint density at radius 1 is 0.529 bits per heavy atom. The first-order chi connectivity index (χ1) is 24.2. The van der Waals surface area contributed by atoms with Gasteiger partial charge in [-0.3, -0.25) is 0 Å². The summed E-state index contributed by atoms with van der Waals surface area (Å²) >= 11 is 0. The molecule has 260 valence electrons. The van der Waals surface area contributed by atoms with Gasteiger partial charge < -0.3 is 4.57 Å². The fourth-order valence-corrected chi connectivity index (χ4v) is 10.4. The fourth-order valence-electron chi connectivity index (χ4n) is 10.4. The van der Waals surface area contributed by atoms with Crippen molar-refractivity contribution in [3.8, 4) is 27.9 Å². The number of halogens is 6. The maximum atomic E-state index is 13.9. The molecule has 4 saturated carbocycles. The molecular formula is C44H37F6N. The van der Waals surface area contributed by atoms with Gasteiger partial charge in [-0.2, -0.15) is 26.3 Å². The molecular weight excluding hydrogens is 656 g/mol. The van der Waals surface area contributed by atoms with E-state index in [1.165, 1.54) is 56.2 Å². The smallest absolute Gasteiger partial charge is 0.309 e. The number of alkyl halides is 6. The van der Waals surface area contributed by atoms with E-state index >= 15 is 0 Å². The zero-order chi connectivity index (χ0) is 35.4. The first-order valence-corrected chi connectivity index (χ1v) is 17.8. The van der Waals surface area contributed by atoms with E-state index in [9.17, 15) is 26.3 Å². The molecule has 0 spiro atoms. The SMILES string of the molecule is Cc1cc(-c2ccc3c(c2)c2cc(-c4cc(C)cc(C(F)(F)F)c4)ccc2n3-c2ccccc2C23CC4CC(CC(C4)C2)C3)cc(C(F)(F)F)c1. The minimum absolute atomic E-state index is 0.0965. The van der Waals surface area contributed by atoms with Crippen molar-refractivity contribution in [3.05, 3.63) is 125 Å². The van der Waals surface area contributed by atoms with Crippen LogP contribution in [0.5, 0.6) is 0 Å². The Bertz CT molecular complexity index is 2200. The molecule has 1 aromatic heterocycles. The topological polar surface area (TPSA) is 4.93 Å². The van der Waals surface area contributed by atoms with Crippen molar-refractivity contribution in [3.63, 3.8) is 0 Å². The van der Waals surface area contributed by atoms with Gasteiger partial charge in [0.15, 0.2) is 0 Å². The number of para-hydroxylation sites is 1. The predicted octanol–water partition coefficient (Wildman–Crippen LogP) is 13.2. The predicted molar refractivity (Wildman–Crippen MR) is 191 cm³/mol. The molecule has 0 radical (unpaired) electrons. The average Bonchev–Trinajstić information content (AvgIpc) is 3.39. The summed E-state index contributed by atoms with van der Waals surface area (Å²) in [6.07, 6.45) is -1.44. The third-order valence-corrected chi connectivity index (χ3v) is 12.0. The third-order valence-electron chi connectivity index (χ3n) is 12.0. The summed E-state index contributed by atoms with van der Waals surface area (Å²) in [6, 6.07) is 28.5.